The molecule has 0 saturated heterocycles. The highest BCUT2D eigenvalue weighted by atomic mass is 35.7. The van der Waals surface area contributed by atoms with Crippen molar-refractivity contribution < 1.29 is 13.2 Å². The highest BCUT2D eigenvalue weighted by Gasteiger charge is 2.21. The molecule has 1 aromatic carbocycles. The van der Waals surface area contributed by atoms with Crippen LogP contribution in [0, 0.1) is 0 Å². The first kappa shape index (κ1) is 15.6. The van der Waals surface area contributed by atoms with Crippen molar-refractivity contribution in [1.82, 2.24) is 5.32 Å². The van der Waals surface area contributed by atoms with Crippen molar-refractivity contribution in [3.63, 3.8) is 0 Å². The van der Waals surface area contributed by atoms with Crippen molar-refractivity contribution in [2.45, 2.75) is 24.8 Å². The summed E-state index contributed by atoms with van der Waals surface area (Å²) in [5.41, 5.74) is 0.0809. The number of rotatable bonds is 3. The van der Waals surface area contributed by atoms with Crippen LogP contribution < -0.4 is 5.32 Å². The Bertz CT molecular complexity index is 584. The smallest absolute Gasteiger partial charge is 0.262 e. The van der Waals surface area contributed by atoms with Crippen molar-refractivity contribution in [2.24, 2.45) is 0 Å². The lowest BCUT2D eigenvalue weighted by molar-refractivity contribution is 0.0943. The Morgan fingerprint density at radius 3 is 2.28 bits per heavy atom. The Hall–Kier alpha value is -0.490. The van der Waals surface area contributed by atoms with E-state index in [2.05, 4.69) is 5.32 Å². The lowest BCUT2D eigenvalue weighted by Gasteiger charge is -2.10. The molecule has 0 aliphatic heterocycles. The maximum absolute atomic E-state index is 11.7. The van der Waals surface area contributed by atoms with Crippen LogP contribution in [0.2, 0.25) is 10.0 Å². The van der Waals surface area contributed by atoms with E-state index >= 15 is 0 Å². The Morgan fingerprint density at radius 1 is 1.28 bits per heavy atom. The molecule has 100 valence electrons. The van der Waals surface area contributed by atoms with Gasteiger partial charge in [-0.05, 0) is 26.0 Å². The third-order valence-electron chi connectivity index (χ3n) is 1.94. The maximum Gasteiger partial charge on any atom is 0.262 e. The van der Waals surface area contributed by atoms with Crippen molar-refractivity contribution in [3.8, 4) is 0 Å². The first-order valence-corrected chi connectivity index (χ1v) is 7.94. The molecular formula is C10H10Cl3NO3S. The summed E-state index contributed by atoms with van der Waals surface area (Å²) in [7, 11) is 1.15. The van der Waals surface area contributed by atoms with Gasteiger partial charge in [-0.2, -0.15) is 0 Å². The quantitative estimate of drug-likeness (QED) is 0.866. The fourth-order valence-corrected chi connectivity index (χ4v) is 2.98. The van der Waals surface area contributed by atoms with E-state index in [-0.39, 0.29) is 26.5 Å². The average molecular weight is 331 g/mol. The molecule has 0 unspecified atom stereocenters. The predicted molar refractivity (Wildman–Crippen MR) is 72.1 cm³/mol. The number of nitrogens with one attached hydrogen (secondary N) is 1. The van der Waals surface area contributed by atoms with Crippen molar-refractivity contribution in [3.05, 3.63) is 27.7 Å². The number of benzene rings is 1. The molecule has 0 bridgehead atoms. The summed E-state index contributed by atoms with van der Waals surface area (Å²) < 4.78 is 22.6. The minimum atomic E-state index is -4.06. The molecule has 1 N–H and O–H groups in total. The lowest BCUT2D eigenvalue weighted by Crippen LogP contribution is -2.30. The van der Waals surface area contributed by atoms with Gasteiger partial charge in [0.05, 0.1) is 10.0 Å². The number of amides is 1. The van der Waals surface area contributed by atoms with Crippen molar-refractivity contribution in [1.29, 1.82) is 0 Å². The number of halogens is 3. The zero-order valence-corrected chi connectivity index (χ0v) is 12.6. The zero-order chi connectivity index (χ0) is 14.1. The first-order chi connectivity index (χ1) is 8.12. The molecule has 1 rings (SSSR count). The standard InChI is InChI=1S/C10H10Cl3NO3S/c1-5(2)14-10(15)6-3-7(11)9(12)8(4-6)18(13,16)17/h3-5H,1-2H3,(H,14,15). The SMILES string of the molecule is CC(C)NC(=O)c1cc(Cl)c(Cl)c(S(=O)(=O)Cl)c1. The van der Waals surface area contributed by atoms with Gasteiger partial charge in [0.1, 0.15) is 4.90 Å². The summed E-state index contributed by atoms with van der Waals surface area (Å²) >= 11 is 11.5. The summed E-state index contributed by atoms with van der Waals surface area (Å²) in [4.78, 5) is 11.4. The highest BCUT2D eigenvalue weighted by Crippen LogP contribution is 2.32. The van der Waals surface area contributed by atoms with E-state index in [4.69, 9.17) is 33.9 Å². The number of carbonyl (C=O) groups excluding carboxylic acids is 1. The molecule has 1 amide bonds. The van der Waals surface area contributed by atoms with E-state index in [9.17, 15) is 13.2 Å². The van der Waals surface area contributed by atoms with Crippen LogP contribution in [0.25, 0.3) is 0 Å². The molecular weight excluding hydrogens is 321 g/mol. The lowest BCUT2D eigenvalue weighted by atomic mass is 10.2. The van der Waals surface area contributed by atoms with Crippen LogP contribution in [0.4, 0.5) is 0 Å². The topological polar surface area (TPSA) is 63.2 Å². The normalized spacial score (nSPS) is 11.7. The third-order valence-corrected chi connectivity index (χ3v) is 4.20. The Balaban J connectivity index is 3.34. The second-order valence-electron chi connectivity index (χ2n) is 3.84. The number of hydrogen-bond donors (Lipinski definition) is 1. The molecule has 0 aliphatic carbocycles. The molecule has 0 aliphatic rings. The maximum atomic E-state index is 11.7. The van der Waals surface area contributed by atoms with Crippen LogP contribution >= 0.6 is 33.9 Å². The van der Waals surface area contributed by atoms with Crippen LogP contribution in [0.5, 0.6) is 0 Å². The van der Waals surface area contributed by atoms with Gasteiger partial charge < -0.3 is 5.32 Å². The van der Waals surface area contributed by atoms with Gasteiger partial charge in [-0.3, -0.25) is 4.79 Å². The van der Waals surface area contributed by atoms with Gasteiger partial charge >= 0.3 is 0 Å². The van der Waals surface area contributed by atoms with Crippen molar-refractivity contribution in [2.75, 3.05) is 0 Å². The van der Waals surface area contributed by atoms with Gasteiger partial charge in [0.25, 0.3) is 15.0 Å². The summed E-state index contributed by atoms with van der Waals surface area (Å²) in [5.74, 6) is -0.454. The fraction of sp³-hybridized carbons (Fsp3) is 0.300. The molecule has 0 heterocycles. The second kappa shape index (κ2) is 5.65. The van der Waals surface area contributed by atoms with Gasteiger partial charge in [0.15, 0.2) is 0 Å². The minimum Gasteiger partial charge on any atom is -0.350 e. The average Bonchev–Trinajstić information content (AvgIpc) is 2.18. The molecule has 0 radical (unpaired) electrons. The largest absolute Gasteiger partial charge is 0.350 e. The molecule has 18 heavy (non-hydrogen) atoms. The van der Waals surface area contributed by atoms with E-state index in [0.717, 1.165) is 6.07 Å². The van der Waals surface area contributed by atoms with E-state index in [0.29, 0.717) is 0 Å². The van der Waals surface area contributed by atoms with Crippen LogP contribution in [-0.4, -0.2) is 20.4 Å². The molecule has 0 aromatic heterocycles. The van der Waals surface area contributed by atoms with Crippen LogP contribution in [0.1, 0.15) is 24.2 Å². The third kappa shape index (κ3) is 3.75. The summed E-state index contributed by atoms with van der Waals surface area (Å²) in [5, 5.41) is 2.36. The molecule has 1 aromatic rings. The van der Waals surface area contributed by atoms with Crippen LogP contribution in [0.3, 0.4) is 0 Å². The van der Waals surface area contributed by atoms with Gasteiger partial charge in [0, 0.05) is 22.3 Å². The second-order valence-corrected chi connectivity index (χ2v) is 7.16. The Labute approximate surface area is 120 Å². The molecule has 4 nitrogen and oxygen atoms in total. The van der Waals surface area contributed by atoms with Gasteiger partial charge in [-0.15, -0.1) is 0 Å². The van der Waals surface area contributed by atoms with E-state index in [1.54, 1.807) is 13.8 Å². The Kier molecular flexibility index (Phi) is 4.89. The number of hydrogen-bond acceptors (Lipinski definition) is 3. The molecule has 0 atom stereocenters. The highest BCUT2D eigenvalue weighted by molar-refractivity contribution is 8.13. The fourth-order valence-electron chi connectivity index (χ4n) is 1.22. The van der Waals surface area contributed by atoms with Crippen molar-refractivity contribution >= 4 is 48.8 Å². The molecule has 0 saturated carbocycles. The minimum absolute atomic E-state index is 0.0488. The monoisotopic (exact) mass is 329 g/mol. The number of carbonyl (C=O) groups is 1. The first-order valence-electron chi connectivity index (χ1n) is 4.87. The van der Waals surface area contributed by atoms with Crippen LogP contribution in [-0.2, 0) is 9.05 Å². The van der Waals surface area contributed by atoms with E-state index in [1.165, 1.54) is 6.07 Å². The van der Waals surface area contributed by atoms with E-state index < -0.39 is 15.0 Å². The summed E-state index contributed by atoms with van der Waals surface area (Å²) in [6.45, 7) is 3.54. The van der Waals surface area contributed by atoms with E-state index in [1.807, 2.05) is 0 Å². The van der Waals surface area contributed by atoms with Crippen LogP contribution in [0.15, 0.2) is 17.0 Å². The molecule has 0 spiro atoms. The van der Waals surface area contributed by atoms with Gasteiger partial charge in [-0.1, -0.05) is 23.2 Å². The molecule has 0 fully saturated rings. The van der Waals surface area contributed by atoms with Gasteiger partial charge in [-0.25, -0.2) is 8.42 Å². The summed E-state index contributed by atoms with van der Waals surface area (Å²) in [6.07, 6.45) is 0. The summed E-state index contributed by atoms with van der Waals surface area (Å²) in [6, 6.07) is 2.28. The predicted octanol–water partition coefficient (Wildman–Crippen LogP) is 3.06. The molecule has 8 heteroatoms. The van der Waals surface area contributed by atoms with Gasteiger partial charge in [0.2, 0.25) is 0 Å². The Morgan fingerprint density at radius 2 is 1.83 bits per heavy atom. The zero-order valence-electron chi connectivity index (χ0n) is 9.50.